The number of halogens is 3. The molecule has 0 aromatic carbocycles. The smallest absolute Gasteiger partial charge is 0.166 e. The lowest BCUT2D eigenvalue weighted by Crippen LogP contribution is -2.02. The van der Waals surface area contributed by atoms with E-state index in [0.717, 1.165) is 25.7 Å². The first kappa shape index (κ1) is 29.2. The van der Waals surface area contributed by atoms with Gasteiger partial charge < -0.3 is 0 Å². The van der Waals surface area contributed by atoms with Gasteiger partial charge in [-0.05, 0) is 66.4 Å². The summed E-state index contributed by atoms with van der Waals surface area (Å²) in [7, 11) is 0. The topological polar surface area (TPSA) is 0 Å². The summed E-state index contributed by atoms with van der Waals surface area (Å²) < 4.78 is 42.4. The van der Waals surface area contributed by atoms with E-state index in [0.29, 0.717) is 11.5 Å². The molecule has 0 saturated heterocycles. The number of rotatable bonds is 15. The predicted molar refractivity (Wildman–Crippen MR) is 135 cm³/mol. The Balaban J connectivity index is 5.02. The molecule has 0 aliphatic rings. The van der Waals surface area contributed by atoms with Gasteiger partial charge in [0.15, 0.2) is 11.7 Å². The average Bonchev–Trinajstić information content (AvgIpc) is 2.76. The van der Waals surface area contributed by atoms with Gasteiger partial charge in [-0.1, -0.05) is 78.0 Å². The van der Waals surface area contributed by atoms with Crippen molar-refractivity contribution in [1.29, 1.82) is 0 Å². The standard InChI is InChI=1S/C29H37F3/c1-11-12-13-20(4)14-15-21(5)24(8)18-27(30)25(9)22(6)16-17-23(7)26(10)29(32)28(31)19(2)3/h11,16-18,20-21H,1-2,6-10,12-15H2,3-5H3/b17-16-,27-18+,29-28-. The van der Waals surface area contributed by atoms with Crippen molar-refractivity contribution in [3.05, 3.63) is 121 Å². The van der Waals surface area contributed by atoms with Crippen molar-refractivity contribution in [3.63, 3.8) is 0 Å². The van der Waals surface area contributed by atoms with Crippen molar-refractivity contribution in [2.45, 2.75) is 46.5 Å². The second-order valence-electron chi connectivity index (χ2n) is 8.27. The van der Waals surface area contributed by atoms with Crippen molar-refractivity contribution in [1.82, 2.24) is 0 Å². The number of allylic oxidation sites excluding steroid dienone is 13. The predicted octanol–water partition coefficient (Wildman–Crippen LogP) is 9.92. The fourth-order valence-electron chi connectivity index (χ4n) is 2.68. The Morgan fingerprint density at radius 3 is 1.81 bits per heavy atom. The summed E-state index contributed by atoms with van der Waals surface area (Å²) in [5, 5.41) is 0. The van der Waals surface area contributed by atoms with Gasteiger partial charge in [-0.3, -0.25) is 0 Å². The van der Waals surface area contributed by atoms with Crippen LogP contribution in [0, 0.1) is 11.8 Å². The van der Waals surface area contributed by atoms with Crippen LogP contribution in [0.15, 0.2) is 121 Å². The number of hydrogen-bond acceptors (Lipinski definition) is 0. The van der Waals surface area contributed by atoms with E-state index in [-0.39, 0.29) is 33.8 Å². The van der Waals surface area contributed by atoms with Crippen LogP contribution in [0.2, 0.25) is 0 Å². The molecule has 0 nitrogen and oxygen atoms in total. The van der Waals surface area contributed by atoms with Gasteiger partial charge in [0.1, 0.15) is 5.83 Å². The molecule has 0 spiro atoms. The second kappa shape index (κ2) is 14.3. The Kier molecular flexibility index (Phi) is 13.0. The molecule has 2 unspecified atom stereocenters. The molecule has 2 atom stereocenters. The van der Waals surface area contributed by atoms with Gasteiger partial charge in [0, 0.05) is 11.1 Å². The van der Waals surface area contributed by atoms with Gasteiger partial charge in [0.25, 0.3) is 0 Å². The zero-order valence-electron chi connectivity index (χ0n) is 19.9. The van der Waals surface area contributed by atoms with Gasteiger partial charge in [0.2, 0.25) is 0 Å². The summed E-state index contributed by atoms with van der Waals surface area (Å²) in [6.07, 6.45) is 10.1. The Morgan fingerprint density at radius 2 is 1.31 bits per heavy atom. The molecule has 0 heterocycles. The van der Waals surface area contributed by atoms with E-state index in [2.05, 4.69) is 53.0 Å². The van der Waals surface area contributed by atoms with Crippen LogP contribution >= 0.6 is 0 Å². The molecule has 0 aromatic rings. The lowest BCUT2D eigenvalue weighted by Gasteiger charge is -2.16. The molecule has 0 aliphatic carbocycles. The van der Waals surface area contributed by atoms with Crippen LogP contribution in [-0.4, -0.2) is 0 Å². The zero-order chi connectivity index (χ0) is 25.0. The van der Waals surface area contributed by atoms with Crippen molar-refractivity contribution in [2.75, 3.05) is 0 Å². The summed E-state index contributed by atoms with van der Waals surface area (Å²) in [6, 6.07) is 0. The van der Waals surface area contributed by atoms with Crippen molar-refractivity contribution < 1.29 is 13.2 Å². The Morgan fingerprint density at radius 1 is 0.781 bits per heavy atom. The summed E-state index contributed by atoms with van der Waals surface area (Å²) in [5.74, 6) is -2.05. The van der Waals surface area contributed by atoms with Crippen LogP contribution in [0.25, 0.3) is 0 Å². The monoisotopic (exact) mass is 442 g/mol. The van der Waals surface area contributed by atoms with Crippen LogP contribution < -0.4 is 0 Å². The summed E-state index contributed by atoms with van der Waals surface area (Å²) >= 11 is 0. The zero-order valence-corrected chi connectivity index (χ0v) is 19.9. The SMILES string of the molecule is C=CCCC(C)CCC(C)C(=C)/C=C(/F)C(=C)C(=C)/C=C\C(=C)C(=C)/C(F)=C(/F)C(=C)C. The molecule has 0 aromatic heterocycles. The van der Waals surface area contributed by atoms with Crippen LogP contribution in [-0.2, 0) is 0 Å². The molecular formula is C29H37F3. The molecular weight excluding hydrogens is 405 g/mol. The van der Waals surface area contributed by atoms with Gasteiger partial charge >= 0.3 is 0 Å². The second-order valence-corrected chi connectivity index (χ2v) is 8.27. The first-order chi connectivity index (χ1) is 14.8. The summed E-state index contributed by atoms with van der Waals surface area (Å²) in [4.78, 5) is 0. The molecule has 174 valence electrons. The molecule has 0 aliphatic heterocycles. The van der Waals surface area contributed by atoms with E-state index in [4.69, 9.17) is 0 Å². The first-order valence-corrected chi connectivity index (χ1v) is 10.7. The number of hydrogen-bond donors (Lipinski definition) is 0. The van der Waals surface area contributed by atoms with Gasteiger partial charge in [-0.15, -0.1) is 6.58 Å². The molecule has 32 heavy (non-hydrogen) atoms. The van der Waals surface area contributed by atoms with Crippen molar-refractivity contribution in [2.24, 2.45) is 11.8 Å². The van der Waals surface area contributed by atoms with Crippen LogP contribution in [0.3, 0.4) is 0 Å². The lowest BCUT2D eigenvalue weighted by atomic mass is 9.90. The third-order valence-corrected chi connectivity index (χ3v) is 5.28. The Bertz CT molecular complexity index is 874. The van der Waals surface area contributed by atoms with E-state index < -0.39 is 17.5 Å². The van der Waals surface area contributed by atoms with E-state index in [9.17, 15) is 13.2 Å². The summed E-state index contributed by atoms with van der Waals surface area (Å²) in [5.41, 5.74) is 0.886. The van der Waals surface area contributed by atoms with E-state index in [1.165, 1.54) is 25.2 Å². The van der Waals surface area contributed by atoms with Crippen molar-refractivity contribution in [3.8, 4) is 0 Å². The van der Waals surface area contributed by atoms with Crippen LogP contribution in [0.4, 0.5) is 13.2 Å². The van der Waals surface area contributed by atoms with E-state index in [1.807, 2.05) is 13.0 Å². The molecule has 0 radical (unpaired) electrons. The maximum atomic E-state index is 14.7. The molecule has 0 rings (SSSR count). The third-order valence-electron chi connectivity index (χ3n) is 5.28. The highest BCUT2D eigenvalue weighted by Gasteiger charge is 2.13. The van der Waals surface area contributed by atoms with E-state index >= 15 is 0 Å². The largest absolute Gasteiger partial charge is 0.206 e. The maximum absolute atomic E-state index is 14.7. The van der Waals surface area contributed by atoms with Crippen molar-refractivity contribution >= 4 is 0 Å². The minimum Gasteiger partial charge on any atom is -0.206 e. The average molecular weight is 443 g/mol. The molecule has 3 heteroatoms. The first-order valence-electron chi connectivity index (χ1n) is 10.7. The highest BCUT2D eigenvalue weighted by atomic mass is 19.2. The molecule has 0 saturated carbocycles. The molecule has 0 N–H and O–H groups in total. The minimum absolute atomic E-state index is 0.0499. The highest BCUT2D eigenvalue weighted by Crippen LogP contribution is 2.28. The van der Waals surface area contributed by atoms with Gasteiger partial charge in [0.05, 0.1) is 0 Å². The van der Waals surface area contributed by atoms with E-state index in [1.54, 1.807) is 0 Å². The molecule has 0 bridgehead atoms. The maximum Gasteiger partial charge on any atom is 0.166 e. The third kappa shape index (κ3) is 10.00. The normalized spacial score (nSPS) is 14.4. The molecule has 0 amide bonds. The van der Waals surface area contributed by atoms with Gasteiger partial charge in [-0.25, -0.2) is 13.2 Å². The summed E-state index contributed by atoms with van der Waals surface area (Å²) in [6.45, 7) is 31.3. The van der Waals surface area contributed by atoms with Crippen LogP contribution in [0.1, 0.15) is 46.5 Å². The van der Waals surface area contributed by atoms with Crippen LogP contribution in [0.5, 0.6) is 0 Å². The van der Waals surface area contributed by atoms with Gasteiger partial charge in [-0.2, -0.15) is 0 Å². The molecule has 0 fully saturated rings. The fraction of sp³-hybridized carbons (Fsp3) is 0.310. The minimum atomic E-state index is -1.13. The fourth-order valence-corrected chi connectivity index (χ4v) is 2.68. The Hall–Kier alpha value is -2.81. The highest BCUT2D eigenvalue weighted by molar-refractivity contribution is 5.53. The Labute approximate surface area is 193 Å². The lowest BCUT2D eigenvalue weighted by molar-refractivity contribution is 0.442. The quantitative estimate of drug-likeness (QED) is 0.175.